The number of nitriles is 1. The lowest BCUT2D eigenvalue weighted by atomic mass is 9.58. The number of amides is 1. The van der Waals surface area contributed by atoms with Crippen LogP contribution < -0.4 is 0 Å². The maximum atomic E-state index is 12.9. The van der Waals surface area contributed by atoms with Crippen LogP contribution in [0.25, 0.3) is 0 Å². The van der Waals surface area contributed by atoms with Gasteiger partial charge in [0.1, 0.15) is 5.60 Å². The molecular weight excluding hydrogens is 362 g/mol. The highest BCUT2D eigenvalue weighted by molar-refractivity contribution is 5.69. The number of aryl methyl sites for hydroxylation is 1. The van der Waals surface area contributed by atoms with Crippen molar-refractivity contribution in [3.63, 3.8) is 0 Å². The third kappa shape index (κ3) is 4.04. The molecule has 2 aliphatic rings. The minimum absolute atomic E-state index is 0.192. The van der Waals surface area contributed by atoms with Crippen LogP contribution in [0.3, 0.4) is 0 Å². The molecule has 0 N–H and O–H groups in total. The summed E-state index contributed by atoms with van der Waals surface area (Å²) in [4.78, 5) is 14.6. The number of carbonyl (C=O) groups excluding carboxylic acids is 1. The lowest BCUT2D eigenvalue weighted by Crippen LogP contribution is -2.49. The molecule has 6 heteroatoms. The maximum Gasteiger partial charge on any atom is 0.410 e. The summed E-state index contributed by atoms with van der Waals surface area (Å²) in [7, 11) is 0. The Morgan fingerprint density at radius 1 is 1.32 bits per heavy atom. The number of carbonyl (C=O) groups is 1. The topological polar surface area (TPSA) is 53.3 Å². The van der Waals surface area contributed by atoms with Gasteiger partial charge in [0, 0.05) is 6.54 Å². The highest BCUT2D eigenvalue weighted by Gasteiger charge is 2.49. The van der Waals surface area contributed by atoms with Gasteiger partial charge in [0.2, 0.25) is 0 Å². The first-order chi connectivity index (χ1) is 13.0. The van der Waals surface area contributed by atoms with Crippen LogP contribution in [0.5, 0.6) is 0 Å². The minimum Gasteiger partial charge on any atom is -0.444 e. The lowest BCUT2D eigenvalue weighted by Gasteiger charge is -2.52. The van der Waals surface area contributed by atoms with Crippen molar-refractivity contribution >= 4 is 6.09 Å². The number of hydrogen-bond donors (Lipinski definition) is 0. The summed E-state index contributed by atoms with van der Waals surface area (Å²) in [5, 5.41) is 9.13. The fraction of sp³-hybridized carbons (Fsp3) is 0.545. The second-order valence-electron chi connectivity index (χ2n) is 9.04. The van der Waals surface area contributed by atoms with E-state index in [4.69, 9.17) is 10.00 Å². The van der Waals surface area contributed by atoms with Gasteiger partial charge in [0.25, 0.3) is 6.08 Å². The van der Waals surface area contributed by atoms with E-state index < -0.39 is 11.7 Å². The van der Waals surface area contributed by atoms with Crippen molar-refractivity contribution in [1.82, 2.24) is 4.90 Å². The van der Waals surface area contributed by atoms with E-state index >= 15 is 0 Å². The fourth-order valence-corrected chi connectivity index (χ4v) is 4.38. The summed E-state index contributed by atoms with van der Waals surface area (Å²) in [6, 6.07) is 7.29. The highest BCUT2D eigenvalue weighted by atomic mass is 19.3. The zero-order valence-electron chi connectivity index (χ0n) is 16.8. The second kappa shape index (κ2) is 7.20. The molecule has 0 aromatic heterocycles. The molecule has 4 nitrogen and oxygen atoms in total. The summed E-state index contributed by atoms with van der Waals surface area (Å²) < 4.78 is 31.5. The van der Waals surface area contributed by atoms with E-state index in [0.717, 1.165) is 11.1 Å². The van der Waals surface area contributed by atoms with Gasteiger partial charge in [-0.3, -0.25) is 0 Å². The average Bonchev–Trinajstić information content (AvgIpc) is 2.57. The monoisotopic (exact) mass is 388 g/mol. The first-order valence-corrected chi connectivity index (χ1v) is 9.57. The average molecular weight is 388 g/mol. The van der Waals surface area contributed by atoms with Gasteiger partial charge in [-0.2, -0.15) is 14.0 Å². The van der Waals surface area contributed by atoms with Crippen molar-refractivity contribution in [2.75, 3.05) is 6.54 Å². The van der Waals surface area contributed by atoms with Crippen molar-refractivity contribution in [2.24, 2.45) is 5.41 Å². The molecule has 1 unspecified atom stereocenters. The smallest absolute Gasteiger partial charge is 0.410 e. The van der Waals surface area contributed by atoms with E-state index in [-0.39, 0.29) is 23.1 Å². The number of benzene rings is 1. The molecule has 0 radical (unpaired) electrons. The van der Waals surface area contributed by atoms with Crippen molar-refractivity contribution in [3.8, 4) is 6.07 Å². The molecular formula is C22H26F2N2O2. The summed E-state index contributed by atoms with van der Waals surface area (Å²) in [6.45, 7) is 7.86. The summed E-state index contributed by atoms with van der Waals surface area (Å²) in [6.07, 6.45) is 0.145. The van der Waals surface area contributed by atoms with E-state index in [9.17, 15) is 13.6 Å². The largest absolute Gasteiger partial charge is 0.444 e. The van der Waals surface area contributed by atoms with Crippen LogP contribution in [0.4, 0.5) is 13.6 Å². The first-order valence-electron chi connectivity index (χ1n) is 9.57. The van der Waals surface area contributed by atoms with Gasteiger partial charge in [-0.1, -0.05) is 6.07 Å². The molecule has 150 valence electrons. The predicted octanol–water partition coefficient (Wildman–Crippen LogP) is 5.87. The lowest BCUT2D eigenvalue weighted by molar-refractivity contribution is -0.0189. The first kappa shape index (κ1) is 20.3. The summed E-state index contributed by atoms with van der Waals surface area (Å²) in [5.74, 6) is 0. The standard InChI is InChI=1S/C22H26F2N2O2/c1-14-9-15(13-25)5-6-17(14)18-12-22(10-16(11-22)19(23)24)7-8-26(18)20(27)28-21(2,3)4/h5-6,9,18H,7-8,10-12H2,1-4H3. The van der Waals surface area contributed by atoms with Crippen LogP contribution in [0.1, 0.15) is 69.2 Å². The number of allylic oxidation sites excluding steroid dienone is 1. The number of nitrogens with zero attached hydrogens (tertiary/aromatic N) is 2. The van der Waals surface area contributed by atoms with Gasteiger partial charge in [-0.05, 0) is 87.6 Å². The third-order valence-corrected chi connectivity index (χ3v) is 5.72. The molecule has 1 aliphatic heterocycles. The van der Waals surface area contributed by atoms with Crippen LogP contribution in [-0.2, 0) is 4.74 Å². The Kier molecular flexibility index (Phi) is 5.22. The SMILES string of the molecule is Cc1cc(C#N)ccc1C1CC2(CCN1C(=O)OC(C)(C)C)CC(=C(F)F)C2. The number of ether oxygens (including phenoxy) is 1. The molecule has 0 bridgehead atoms. The van der Waals surface area contributed by atoms with E-state index in [0.29, 0.717) is 37.8 Å². The zero-order valence-corrected chi connectivity index (χ0v) is 16.8. The number of hydrogen-bond acceptors (Lipinski definition) is 3. The Bertz CT molecular complexity index is 852. The van der Waals surface area contributed by atoms with Gasteiger partial charge >= 0.3 is 6.09 Å². The Labute approximate surface area is 164 Å². The zero-order chi connectivity index (χ0) is 20.7. The van der Waals surface area contributed by atoms with Gasteiger partial charge in [0.05, 0.1) is 17.7 Å². The number of halogens is 2. The maximum absolute atomic E-state index is 12.9. The number of likely N-dealkylation sites (tertiary alicyclic amines) is 1. The Balaban J connectivity index is 1.92. The Hall–Kier alpha value is -2.42. The Morgan fingerprint density at radius 2 is 2.00 bits per heavy atom. The van der Waals surface area contributed by atoms with Gasteiger partial charge in [-0.25, -0.2) is 4.79 Å². The van der Waals surface area contributed by atoms with Gasteiger partial charge in [0.15, 0.2) is 0 Å². The normalized spacial score (nSPS) is 24.5. The number of rotatable bonds is 1. The van der Waals surface area contributed by atoms with Crippen LogP contribution in [0.2, 0.25) is 0 Å². The molecule has 3 rings (SSSR count). The molecule has 1 aliphatic carbocycles. The summed E-state index contributed by atoms with van der Waals surface area (Å²) in [5.41, 5.74) is 1.86. The molecule has 1 spiro atoms. The molecule has 2 fully saturated rings. The third-order valence-electron chi connectivity index (χ3n) is 5.72. The molecule has 1 saturated heterocycles. The minimum atomic E-state index is -1.56. The van der Waals surface area contributed by atoms with Crippen LogP contribution in [0, 0.1) is 23.7 Å². The van der Waals surface area contributed by atoms with Crippen molar-refractivity contribution < 1.29 is 18.3 Å². The van der Waals surface area contributed by atoms with Crippen LogP contribution in [0.15, 0.2) is 29.9 Å². The van der Waals surface area contributed by atoms with Gasteiger partial charge < -0.3 is 9.64 Å². The molecule has 1 amide bonds. The van der Waals surface area contributed by atoms with E-state index in [2.05, 4.69) is 6.07 Å². The van der Waals surface area contributed by atoms with E-state index in [1.807, 2.05) is 33.8 Å². The molecule has 1 aromatic carbocycles. The van der Waals surface area contributed by atoms with Crippen molar-refractivity contribution in [2.45, 2.75) is 65.0 Å². The Morgan fingerprint density at radius 3 is 2.54 bits per heavy atom. The second-order valence-corrected chi connectivity index (χ2v) is 9.04. The van der Waals surface area contributed by atoms with Crippen LogP contribution >= 0.6 is 0 Å². The van der Waals surface area contributed by atoms with Crippen LogP contribution in [-0.4, -0.2) is 23.1 Å². The predicted molar refractivity (Wildman–Crippen MR) is 102 cm³/mol. The molecule has 28 heavy (non-hydrogen) atoms. The molecule has 1 heterocycles. The quantitative estimate of drug-likeness (QED) is 0.605. The molecule has 1 aromatic rings. The van der Waals surface area contributed by atoms with Crippen molar-refractivity contribution in [1.29, 1.82) is 5.26 Å². The van der Waals surface area contributed by atoms with Crippen molar-refractivity contribution in [3.05, 3.63) is 46.5 Å². The van der Waals surface area contributed by atoms with E-state index in [1.165, 1.54) is 0 Å². The molecule has 1 saturated carbocycles. The summed E-state index contributed by atoms with van der Waals surface area (Å²) >= 11 is 0. The number of piperidine rings is 1. The van der Waals surface area contributed by atoms with Gasteiger partial charge in [-0.15, -0.1) is 0 Å². The molecule has 1 atom stereocenters. The fourth-order valence-electron chi connectivity index (χ4n) is 4.38. The highest BCUT2D eigenvalue weighted by Crippen LogP contribution is 2.57. The van der Waals surface area contributed by atoms with E-state index in [1.54, 1.807) is 17.0 Å².